The fourth-order valence-corrected chi connectivity index (χ4v) is 2.48. The van der Waals surface area contributed by atoms with Crippen LogP contribution in [0.3, 0.4) is 0 Å². The number of aromatic nitrogens is 1. The lowest BCUT2D eigenvalue weighted by atomic mass is 10.1. The molecule has 1 aromatic rings. The van der Waals surface area contributed by atoms with E-state index in [2.05, 4.69) is 36.7 Å². The van der Waals surface area contributed by atoms with Gasteiger partial charge >= 0.3 is 0 Å². The summed E-state index contributed by atoms with van der Waals surface area (Å²) in [5.41, 5.74) is 1.29. The Labute approximate surface area is 121 Å². The van der Waals surface area contributed by atoms with E-state index in [-0.39, 0.29) is 11.9 Å². The number of nitrogens with zero attached hydrogens (tertiary/aromatic N) is 1. The summed E-state index contributed by atoms with van der Waals surface area (Å²) < 4.78 is 1.98. The Morgan fingerprint density at radius 3 is 2.65 bits per heavy atom. The normalized spacial score (nSPS) is 18.1. The van der Waals surface area contributed by atoms with Crippen molar-refractivity contribution in [2.75, 3.05) is 7.05 Å². The average Bonchev–Trinajstić information content (AvgIpc) is 3.11. The van der Waals surface area contributed by atoms with Gasteiger partial charge in [-0.25, -0.2) is 0 Å². The summed E-state index contributed by atoms with van der Waals surface area (Å²) in [7, 11) is 2.01. The van der Waals surface area contributed by atoms with Crippen LogP contribution in [0.4, 0.5) is 0 Å². The number of carbonyl (C=O) groups is 1. The molecule has 0 aromatic carbocycles. The molecule has 4 nitrogen and oxygen atoms in total. The number of rotatable bonds is 7. The Hall–Kier alpha value is -1.29. The maximum atomic E-state index is 12.0. The molecule has 2 rings (SSSR count). The van der Waals surface area contributed by atoms with Crippen LogP contribution in [0.5, 0.6) is 0 Å². The molecular formula is C16H27N3O. The second-order valence-electron chi connectivity index (χ2n) is 6.32. The predicted molar refractivity (Wildman–Crippen MR) is 81.4 cm³/mol. The standard InChI is InChI=1S/C16H27N3O/c1-11(2)12(3)18-15(20)10-19-8-7-14(9-19)16(17-4)13-5-6-13/h7-9,11-13,16-17H,5-6,10H2,1-4H3,(H,18,20). The van der Waals surface area contributed by atoms with Crippen molar-refractivity contribution in [2.24, 2.45) is 11.8 Å². The van der Waals surface area contributed by atoms with Crippen LogP contribution >= 0.6 is 0 Å². The smallest absolute Gasteiger partial charge is 0.240 e. The van der Waals surface area contributed by atoms with Crippen molar-refractivity contribution in [1.29, 1.82) is 0 Å². The summed E-state index contributed by atoms with van der Waals surface area (Å²) in [6.45, 7) is 6.68. The summed E-state index contributed by atoms with van der Waals surface area (Å²) in [5, 5.41) is 6.42. The number of nitrogens with one attached hydrogen (secondary N) is 2. The number of carbonyl (C=O) groups excluding carboxylic acids is 1. The van der Waals surface area contributed by atoms with Crippen LogP contribution in [0.2, 0.25) is 0 Å². The van der Waals surface area contributed by atoms with Gasteiger partial charge < -0.3 is 15.2 Å². The van der Waals surface area contributed by atoms with Gasteiger partial charge in [-0.05, 0) is 50.3 Å². The maximum absolute atomic E-state index is 12.0. The van der Waals surface area contributed by atoms with E-state index in [0.717, 1.165) is 5.92 Å². The lowest BCUT2D eigenvalue weighted by Gasteiger charge is -2.17. The van der Waals surface area contributed by atoms with Gasteiger partial charge in [0.15, 0.2) is 0 Å². The molecule has 1 aromatic heterocycles. The Bertz CT molecular complexity index is 448. The maximum Gasteiger partial charge on any atom is 0.240 e. The third kappa shape index (κ3) is 3.85. The lowest BCUT2D eigenvalue weighted by Crippen LogP contribution is -2.37. The van der Waals surface area contributed by atoms with Crippen molar-refractivity contribution in [3.05, 3.63) is 24.0 Å². The van der Waals surface area contributed by atoms with Gasteiger partial charge in [0.25, 0.3) is 0 Å². The molecule has 0 bridgehead atoms. The van der Waals surface area contributed by atoms with Crippen LogP contribution in [0.25, 0.3) is 0 Å². The predicted octanol–water partition coefficient (Wildman–Crippen LogP) is 2.32. The number of amides is 1. The summed E-state index contributed by atoms with van der Waals surface area (Å²) in [6, 6.07) is 2.78. The quantitative estimate of drug-likeness (QED) is 0.803. The highest BCUT2D eigenvalue weighted by Crippen LogP contribution is 2.40. The Morgan fingerprint density at radius 1 is 1.40 bits per heavy atom. The van der Waals surface area contributed by atoms with Gasteiger partial charge in [-0.1, -0.05) is 13.8 Å². The summed E-state index contributed by atoms with van der Waals surface area (Å²) in [5.74, 6) is 1.31. The van der Waals surface area contributed by atoms with E-state index in [9.17, 15) is 4.79 Å². The lowest BCUT2D eigenvalue weighted by molar-refractivity contribution is -0.122. The highest BCUT2D eigenvalue weighted by atomic mass is 16.2. The molecule has 1 heterocycles. The second kappa shape index (κ2) is 6.44. The van der Waals surface area contributed by atoms with Crippen molar-refractivity contribution in [2.45, 2.75) is 52.2 Å². The Kier molecular flexibility index (Phi) is 4.86. The zero-order valence-electron chi connectivity index (χ0n) is 13.0. The van der Waals surface area contributed by atoms with Gasteiger partial charge in [0.05, 0.1) is 0 Å². The van der Waals surface area contributed by atoms with Crippen molar-refractivity contribution in [1.82, 2.24) is 15.2 Å². The van der Waals surface area contributed by atoms with E-state index in [4.69, 9.17) is 0 Å². The topological polar surface area (TPSA) is 46.1 Å². The first-order valence-corrected chi connectivity index (χ1v) is 7.63. The van der Waals surface area contributed by atoms with Gasteiger partial charge in [0.2, 0.25) is 5.91 Å². The van der Waals surface area contributed by atoms with Crippen LogP contribution in [0.1, 0.15) is 45.2 Å². The van der Waals surface area contributed by atoms with E-state index in [0.29, 0.717) is 18.5 Å². The van der Waals surface area contributed by atoms with Crippen molar-refractivity contribution in [3.8, 4) is 0 Å². The summed E-state index contributed by atoms with van der Waals surface area (Å²) in [4.78, 5) is 12.0. The molecule has 2 N–H and O–H groups in total. The Morgan fingerprint density at radius 2 is 2.10 bits per heavy atom. The molecule has 0 saturated heterocycles. The molecule has 0 spiro atoms. The minimum atomic E-state index is 0.0841. The van der Waals surface area contributed by atoms with Gasteiger partial charge in [0, 0.05) is 24.5 Å². The largest absolute Gasteiger partial charge is 0.352 e. The van der Waals surface area contributed by atoms with Crippen molar-refractivity contribution < 1.29 is 4.79 Å². The van der Waals surface area contributed by atoms with Crippen LogP contribution in [0.15, 0.2) is 18.5 Å². The van der Waals surface area contributed by atoms with Gasteiger partial charge in [0.1, 0.15) is 6.54 Å². The zero-order chi connectivity index (χ0) is 14.7. The number of hydrogen-bond donors (Lipinski definition) is 2. The fourth-order valence-electron chi connectivity index (χ4n) is 2.48. The van der Waals surface area contributed by atoms with Crippen molar-refractivity contribution in [3.63, 3.8) is 0 Å². The minimum absolute atomic E-state index is 0.0841. The third-order valence-electron chi connectivity index (χ3n) is 4.25. The molecule has 1 aliphatic carbocycles. The molecule has 1 aliphatic rings. The molecule has 112 valence electrons. The van der Waals surface area contributed by atoms with Crippen LogP contribution in [0, 0.1) is 11.8 Å². The van der Waals surface area contributed by atoms with Gasteiger partial charge in [-0.2, -0.15) is 0 Å². The van der Waals surface area contributed by atoms with Crippen LogP contribution in [-0.4, -0.2) is 23.6 Å². The van der Waals surface area contributed by atoms with E-state index >= 15 is 0 Å². The summed E-state index contributed by atoms with van der Waals surface area (Å²) in [6.07, 6.45) is 6.72. The molecule has 2 atom stereocenters. The molecule has 1 fully saturated rings. The zero-order valence-corrected chi connectivity index (χ0v) is 13.0. The molecule has 0 aliphatic heterocycles. The van der Waals surface area contributed by atoms with Crippen molar-refractivity contribution >= 4 is 5.91 Å². The third-order valence-corrected chi connectivity index (χ3v) is 4.25. The van der Waals surface area contributed by atoms with Crippen LogP contribution in [-0.2, 0) is 11.3 Å². The fraction of sp³-hybridized carbons (Fsp3) is 0.688. The monoisotopic (exact) mass is 277 g/mol. The van der Waals surface area contributed by atoms with Gasteiger partial charge in [-0.3, -0.25) is 4.79 Å². The van der Waals surface area contributed by atoms with E-state index in [1.54, 1.807) is 0 Å². The number of hydrogen-bond acceptors (Lipinski definition) is 2. The van der Waals surface area contributed by atoms with E-state index in [1.807, 2.05) is 24.7 Å². The highest BCUT2D eigenvalue weighted by molar-refractivity contribution is 5.76. The average molecular weight is 277 g/mol. The molecule has 2 unspecified atom stereocenters. The van der Waals surface area contributed by atoms with E-state index in [1.165, 1.54) is 18.4 Å². The molecule has 1 amide bonds. The molecule has 1 saturated carbocycles. The van der Waals surface area contributed by atoms with E-state index < -0.39 is 0 Å². The first kappa shape index (κ1) is 15.1. The first-order valence-electron chi connectivity index (χ1n) is 7.63. The summed E-state index contributed by atoms with van der Waals surface area (Å²) >= 11 is 0. The SMILES string of the molecule is CNC(c1ccn(CC(=O)NC(C)C(C)C)c1)C1CC1. The minimum Gasteiger partial charge on any atom is -0.352 e. The molecule has 20 heavy (non-hydrogen) atoms. The molecule has 0 radical (unpaired) electrons. The molecular weight excluding hydrogens is 250 g/mol. The van der Waals surface area contributed by atoms with Crippen LogP contribution < -0.4 is 10.6 Å². The highest BCUT2D eigenvalue weighted by Gasteiger charge is 2.31. The first-order chi connectivity index (χ1) is 9.51. The second-order valence-corrected chi connectivity index (χ2v) is 6.32. The molecule has 4 heteroatoms. The Balaban J connectivity index is 1.90. The van der Waals surface area contributed by atoms with Gasteiger partial charge in [-0.15, -0.1) is 0 Å².